The summed E-state index contributed by atoms with van der Waals surface area (Å²) in [5.41, 5.74) is 2.74. The van der Waals surface area contributed by atoms with E-state index in [1.807, 2.05) is 32.0 Å². The fourth-order valence-corrected chi connectivity index (χ4v) is 5.49. The number of anilines is 1. The van der Waals surface area contributed by atoms with Crippen molar-refractivity contribution in [1.82, 2.24) is 4.98 Å². The van der Waals surface area contributed by atoms with Crippen molar-refractivity contribution in [3.8, 4) is 5.75 Å². The first-order valence-corrected chi connectivity index (χ1v) is 12.2. The summed E-state index contributed by atoms with van der Waals surface area (Å²) in [4.78, 5) is 32.7. The maximum atomic E-state index is 13.4. The quantitative estimate of drug-likeness (QED) is 0.196. The third-order valence-electron chi connectivity index (χ3n) is 5.77. The van der Waals surface area contributed by atoms with Gasteiger partial charge in [-0.15, -0.1) is 0 Å². The average Bonchev–Trinajstić information content (AvgIpc) is 3.37. The van der Waals surface area contributed by atoms with Gasteiger partial charge < -0.3 is 9.84 Å². The Kier molecular flexibility index (Phi) is 6.05. The van der Waals surface area contributed by atoms with Crippen molar-refractivity contribution in [2.24, 2.45) is 0 Å². The van der Waals surface area contributed by atoms with Crippen LogP contribution >= 0.6 is 22.9 Å². The number of ketones is 1. The lowest BCUT2D eigenvalue weighted by Crippen LogP contribution is -2.29. The number of hydrogen-bond acceptors (Lipinski definition) is 6. The molecule has 2 heterocycles. The second-order valence-corrected chi connectivity index (χ2v) is 9.60. The van der Waals surface area contributed by atoms with E-state index in [1.165, 1.54) is 16.2 Å². The molecule has 0 bridgehead atoms. The molecule has 0 spiro atoms. The number of aromatic nitrogens is 1. The van der Waals surface area contributed by atoms with E-state index in [0.29, 0.717) is 33.6 Å². The smallest absolute Gasteiger partial charge is 0.301 e. The van der Waals surface area contributed by atoms with Gasteiger partial charge in [0.15, 0.2) is 5.13 Å². The second kappa shape index (κ2) is 9.17. The third kappa shape index (κ3) is 4.17. The molecule has 5 rings (SSSR count). The van der Waals surface area contributed by atoms with Crippen LogP contribution in [0.5, 0.6) is 5.75 Å². The van der Waals surface area contributed by atoms with Crippen molar-refractivity contribution in [2.45, 2.75) is 19.9 Å². The van der Waals surface area contributed by atoms with Crippen LogP contribution in [-0.4, -0.2) is 28.4 Å². The Hall–Kier alpha value is -3.68. The topological polar surface area (TPSA) is 79.7 Å². The highest BCUT2D eigenvalue weighted by Gasteiger charge is 2.48. The summed E-state index contributed by atoms with van der Waals surface area (Å²) in [5, 5.41) is 12.1. The number of halogens is 1. The zero-order valence-electron chi connectivity index (χ0n) is 19.0. The zero-order valence-corrected chi connectivity index (χ0v) is 20.6. The van der Waals surface area contributed by atoms with Crippen LogP contribution in [0.2, 0.25) is 5.02 Å². The van der Waals surface area contributed by atoms with E-state index in [4.69, 9.17) is 16.3 Å². The van der Waals surface area contributed by atoms with E-state index in [2.05, 4.69) is 4.98 Å². The van der Waals surface area contributed by atoms with Gasteiger partial charge in [-0.2, -0.15) is 0 Å². The van der Waals surface area contributed by atoms with Gasteiger partial charge in [0.25, 0.3) is 5.78 Å². The van der Waals surface area contributed by atoms with E-state index >= 15 is 0 Å². The van der Waals surface area contributed by atoms with Crippen LogP contribution in [0.15, 0.2) is 72.3 Å². The molecule has 1 aliphatic heterocycles. The van der Waals surface area contributed by atoms with E-state index in [0.717, 1.165) is 15.8 Å². The molecule has 6 nitrogen and oxygen atoms in total. The number of aliphatic hydroxyl groups is 1. The Morgan fingerprint density at radius 2 is 1.91 bits per heavy atom. The number of hydrogen-bond donors (Lipinski definition) is 1. The van der Waals surface area contributed by atoms with Crippen LogP contribution < -0.4 is 9.64 Å². The van der Waals surface area contributed by atoms with Crippen LogP contribution in [0.1, 0.15) is 29.7 Å². The molecule has 3 aromatic carbocycles. The average molecular weight is 505 g/mol. The fraction of sp³-hybridized carbons (Fsp3) is 0.148. The molecule has 1 saturated heterocycles. The predicted octanol–water partition coefficient (Wildman–Crippen LogP) is 6.28. The van der Waals surface area contributed by atoms with Gasteiger partial charge in [0, 0.05) is 10.6 Å². The molecule has 176 valence electrons. The van der Waals surface area contributed by atoms with Gasteiger partial charge >= 0.3 is 5.91 Å². The number of carbonyl (C=O) groups is 2. The summed E-state index contributed by atoms with van der Waals surface area (Å²) in [6.07, 6.45) is 0. The van der Waals surface area contributed by atoms with Crippen LogP contribution in [0.25, 0.3) is 16.0 Å². The van der Waals surface area contributed by atoms with E-state index in [-0.39, 0.29) is 11.3 Å². The van der Waals surface area contributed by atoms with Gasteiger partial charge in [-0.05, 0) is 61.4 Å². The van der Waals surface area contributed by atoms with Gasteiger partial charge in [-0.3, -0.25) is 14.5 Å². The first-order chi connectivity index (χ1) is 16.9. The van der Waals surface area contributed by atoms with Gasteiger partial charge in [-0.25, -0.2) is 4.98 Å². The molecule has 1 aliphatic rings. The first kappa shape index (κ1) is 23.1. The highest BCUT2D eigenvalue weighted by molar-refractivity contribution is 7.22. The third-order valence-corrected chi connectivity index (χ3v) is 7.02. The number of benzene rings is 3. The summed E-state index contributed by atoms with van der Waals surface area (Å²) in [7, 11) is 0. The number of aryl methyl sites for hydroxylation is 1. The molecular weight excluding hydrogens is 484 g/mol. The van der Waals surface area contributed by atoms with Gasteiger partial charge in [0.2, 0.25) is 0 Å². The molecule has 0 radical (unpaired) electrons. The second-order valence-electron chi connectivity index (χ2n) is 8.15. The number of amides is 1. The highest BCUT2D eigenvalue weighted by atomic mass is 35.5. The minimum absolute atomic E-state index is 0.0265. The number of carbonyl (C=O) groups excluding carboxylic acids is 2. The molecule has 8 heteroatoms. The molecule has 1 fully saturated rings. The van der Waals surface area contributed by atoms with Crippen molar-refractivity contribution in [1.29, 1.82) is 0 Å². The maximum absolute atomic E-state index is 13.4. The lowest BCUT2D eigenvalue weighted by Gasteiger charge is -2.23. The largest absolute Gasteiger partial charge is 0.507 e. The number of rotatable bonds is 5. The van der Waals surface area contributed by atoms with Crippen molar-refractivity contribution in [3.05, 3.63) is 94.0 Å². The minimum atomic E-state index is -0.897. The Labute approximate surface area is 211 Å². The number of thiazole rings is 1. The fourth-order valence-electron chi connectivity index (χ4n) is 4.20. The Balaban J connectivity index is 1.72. The number of Topliss-reactive ketones (excluding diaryl/α,β-unsaturated/α-hetero) is 1. The van der Waals surface area contributed by atoms with Crippen LogP contribution in [0, 0.1) is 6.92 Å². The molecule has 0 aliphatic carbocycles. The highest BCUT2D eigenvalue weighted by Crippen LogP contribution is 2.44. The summed E-state index contributed by atoms with van der Waals surface area (Å²) in [6, 6.07) is 18.6. The van der Waals surface area contributed by atoms with Crippen LogP contribution in [0.4, 0.5) is 5.13 Å². The number of aliphatic hydroxyl groups excluding tert-OH is 1. The Morgan fingerprint density at radius 3 is 2.69 bits per heavy atom. The van der Waals surface area contributed by atoms with Gasteiger partial charge in [0.1, 0.15) is 11.5 Å². The monoisotopic (exact) mass is 504 g/mol. The standard InChI is InChI=1S/C27H21ClN2O4S/c1-3-34-19-9-5-7-17(14-19)24(31)22-23(16-6-4-8-18(28)13-16)30(26(33)25(22)32)27-29-20-11-10-15(2)12-21(20)35-27/h4-14,23,31H,3H2,1-2H3/b24-22+. The van der Waals surface area contributed by atoms with E-state index in [1.54, 1.807) is 48.5 Å². The van der Waals surface area contributed by atoms with Crippen molar-refractivity contribution in [3.63, 3.8) is 0 Å². The molecule has 4 aromatic rings. The zero-order chi connectivity index (χ0) is 24.7. The molecule has 1 amide bonds. The van der Waals surface area contributed by atoms with Gasteiger partial charge in [0.05, 0.1) is 28.4 Å². The van der Waals surface area contributed by atoms with E-state index in [9.17, 15) is 14.7 Å². The molecule has 1 N–H and O–H groups in total. The van der Waals surface area contributed by atoms with Crippen molar-refractivity contribution >= 4 is 55.7 Å². The molecule has 1 unspecified atom stereocenters. The molecule has 1 atom stereocenters. The van der Waals surface area contributed by atoms with Crippen molar-refractivity contribution in [2.75, 3.05) is 11.5 Å². The number of nitrogens with zero attached hydrogens (tertiary/aromatic N) is 2. The Morgan fingerprint density at radius 1 is 1.11 bits per heavy atom. The predicted molar refractivity (Wildman–Crippen MR) is 138 cm³/mol. The minimum Gasteiger partial charge on any atom is -0.507 e. The first-order valence-electron chi connectivity index (χ1n) is 11.0. The molecule has 0 saturated carbocycles. The summed E-state index contributed by atoms with van der Waals surface area (Å²) < 4.78 is 6.45. The Bertz CT molecular complexity index is 1510. The summed E-state index contributed by atoms with van der Waals surface area (Å²) in [5.74, 6) is -1.28. The normalized spacial score (nSPS) is 17.3. The molecule has 1 aromatic heterocycles. The SMILES string of the molecule is CCOc1cccc(/C(O)=C2\C(=O)C(=O)N(c3nc4ccc(C)cc4s3)C2c2cccc(Cl)c2)c1. The number of fused-ring (bicyclic) bond motifs is 1. The number of ether oxygens (including phenoxy) is 1. The van der Waals surface area contributed by atoms with Crippen LogP contribution in [-0.2, 0) is 9.59 Å². The molecular formula is C27H21ClN2O4S. The van der Waals surface area contributed by atoms with Crippen molar-refractivity contribution < 1.29 is 19.4 Å². The van der Waals surface area contributed by atoms with Crippen LogP contribution in [0.3, 0.4) is 0 Å². The summed E-state index contributed by atoms with van der Waals surface area (Å²) >= 11 is 7.60. The lowest BCUT2D eigenvalue weighted by molar-refractivity contribution is -0.132. The van der Waals surface area contributed by atoms with E-state index < -0.39 is 17.7 Å². The maximum Gasteiger partial charge on any atom is 0.301 e. The molecule has 35 heavy (non-hydrogen) atoms. The lowest BCUT2D eigenvalue weighted by atomic mass is 9.95. The summed E-state index contributed by atoms with van der Waals surface area (Å²) in [6.45, 7) is 4.29. The van der Waals surface area contributed by atoms with Gasteiger partial charge in [-0.1, -0.05) is 53.3 Å².